The summed E-state index contributed by atoms with van der Waals surface area (Å²) in [5.74, 6) is 0.322. The Morgan fingerprint density at radius 2 is 1.96 bits per heavy atom. The van der Waals surface area contributed by atoms with Gasteiger partial charge in [-0.25, -0.2) is 17.7 Å². The number of fused-ring (bicyclic) bond motifs is 1. The first-order chi connectivity index (χ1) is 11.6. The third-order valence-electron chi connectivity index (χ3n) is 4.17. The number of benzene rings is 1. The lowest BCUT2D eigenvalue weighted by Crippen LogP contribution is -2.28. The lowest BCUT2D eigenvalue weighted by atomic mass is 10.2. The molecule has 0 unspecified atom stereocenters. The molecule has 0 spiro atoms. The lowest BCUT2D eigenvalue weighted by molar-refractivity contribution is 0.0217. The quantitative estimate of drug-likeness (QED) is 0.841. The maximum absolute atomic E-state index is 12.7. The molecular weight excluding hydrogens is 330 g/mol. The minimum absolute atomic E-state index is 0.00128. The molecule has 0 aliphatic carbocycles. The second-order valence-corrected chi connectivity index (χ2v) is 7.58. The summed E-state index contributed by atoms with van der Waals surface area (Å²) >= 11 is 0. The first-order valence-corrected chi connectivity index (χ1v) is 9.27. The molecular formula is C16H17N3O4S. The Morgan fingerprint density at radius 3 is 2.75 bits per heavy atom. The van der Waals surface area contributed by atoms with E-state index in [1.807, 2.05) is 12.1 Å². The zero-order chi connectivity index (χ0) is 16.6. The van der Waals surface area contributed by atoms with Gasteiger partial charge in [-0.15, -0.1) is 0 Å². The molecule has 2 aromatic rings. The molecule has 1 aromatic heterocycles. The summed E-state index contributed by atoms with van der Waals surface area (Å²) in [4.78, 5) is 8.74. The molecule has 4 rings (SSSR count). The van der Waals surface area contributed by atoms with Crippen molar-refractivity contribution < 1.29 is 17.9 Å². The summed E-state index contributed by atoms with van der Waals surface area (Å²) in [6.45, 7) is 1.58. The van der Waals surface area contributed by atoms with Crippen LogP contribution in [0.2, 0.25) is 0 Å². The average molecular weight is 347 g/mol. The molecule has 1 fully saturated rings. The molecule has 0 radical (unpaired) electrons. The van der Waals surface area contributed by atoms with Gasteiger partial charge in [0.1, 0.15) is 11.9 Å². The largest absolute Gasteiger partial charge is 0.460 e. The van der Waals surface area contributed by atoms with E-state index in [-0.39, 0.29) is 18.7 Å². The van der Waals surface area contributed by atoms with Gasteiger partial charge in [0.2, 0.25) is 0 Å². The van der Waals surface area contributed by atoms with E-state index in [9.17, 15) is 8.42 Å². The number of anilines is 1. The van der Waals surface area contributed by atoms with Crippen molar-refractivity contribution in [3.63, 3.8) is 0 Å². The minimum atomic E-state index is -3.58. The van der Waals surface area contributed by atoms with Crippen LogP contribution in [0.4, 0.5) is 5.82 Å². The zero-order valence-electron chi connectivity index (χ0n) is 13.0. The van der Waals surface area contributed by atoms with Crippen LogP contribution in [0.5, 0.6) is 6.01 Å². The fraction of sp³-hybridized carbons (Fsp3) is 0.375. The van der Waals surface area contributed by atoms with Gasteiger partial charge in [-0.05, 0) is 11.6 Å². The molecule has 0 saturated carbocycles. The van der Waals surface area contributed by atoms with Crippen LogP contribution < -0.4 is 9.04 Å². The Kier molecular flexibility index (Phi) is 3.85. The van der Waals surface area contributed by atoms with Crippen molar-refractivity contribution in [3.05, 3.63) is 42.1 Å². The van der Waals surface area contributed by atoms with Crippen LogP contribution in [-0.4, -0.2) is 37.7 Å². The fourth-order valence-electron chi connectivity index (χ4n) is 2.92. The second kappa shape index (κ2) is 6.03. The maximum atomic E-state index is 12.7. The van der Waals surface area contributed by atoms with E-state index in [0.29, 0.717) is 23.9 Å². The molecule has 7 nitrogen and oxygen atoms in total. The van der Waals surface area contributed by atoms with Crippen molar-refractivity contribution in [1.29, 1.82) is 0 Å². The van der Waals surface area contributed by atoms with E-state index in [2.05, 4.69) is 9.97 Å². The first-order valence-electron chi connectivity index (χ1n) is 7.83. The van der Waals surface area contributed by atoms with E-state index in [1.54, 1.807) is 18.2 Å². The van der Waals surface area contributed by atoms with E-state index in [1.165, 1.54) is 10.5 Å². The molecule has 0 bridgehead atoms. The van der Waals surface area contributed by atoms with Gasteiger partial charge in [0.25, 0.3) is 10.0 Å². The Morgan fingerprint density at radius 1 is 1.17 bits per heavy atom. The molecule has 1 saturated heterocycles. The van der Waals surface area contributed by atoms with Crippen molar-refractivity contribution >= 4 is 15.8 Å². The third-order valence-corrected chi connectivity index (χ3v) is 6.02. The maximum Gasteiger partial charge on any atom is 0.318 e. The summed E-state index contributed by atoms with van der Waals surface area (Å²) in [6, 6.07) is 8.77. The Balaban J connectivity index is 1.60. The Hall–Kier alpha value is -2.19. The zero-order valence-corrected chi connectivity index (χ0v) is 13.8. The molecule has 1 aromatic carbocycles. The molecule has 0 N–H and O–H groups in total. The van der Waals surface area contributed by atoms with Gasteiger partial charge in [-0.1, -0.05) is 18.2 Å². The van der Waals surface area contributed by atoms with Crippen LogP contribution >= 0.6 is 0 Å². The topological polar surface area (TPSA) is 81.6 Å². The van der Waals surface area contributed by atoms with E-state index >= 15 is 0 Å². The lowest BCUT2D eigenvalue weighted by Gasteiger charge is -2.22. The van der Waals surface area contributed by atoms with E-state index < -0.39 is 10.0 Å². The molecule has 3 heterocycles. The highest BCUT2D eigenvalue weighted by Crippen LogP contribution is 2.33. The van der Waals surface area contributed by atoms with Crippen LogP contribution in [-0.2, 0) is 21.3 Å². The van der Waals surface area contributed by atoms with Crippen molar-refractivity contribution in [2.24, 2.45) is 0 Å². The molecule has 2 aliphatic heterocycles. The summed E-state index contributed by atoms with van der Waals surface area (Å²) in [7, 11) is -3.58. The minimum Gasteiger partial charge on any atom is -0.460 e. The monoisotopic (exact) mass is 347 g/mol. The second-order valence-electron chi connectivity index (χ2n) is 5.75. The highest BCUT2D eigenvalue weighted by Gasteiger charge is 2.35. The molecule has 8 heteroatoms. The van der Waals surface area contributed by atoms with Gasteiger partial charge >= 0.3 is 6.01 Å². The summed E-state index contributed by atoms with van der Waals surface area (Å²) in [6.07, 6.45) is 3.08. The number of aromatic nitrogens is 2. The standard InChI is InChI=1S/C16H17N3O4S/c20-24(21)14-4-2-1-3-12(14)11-19(24)15-5-8-17-16(18-15)23-13-6-9-22-10-7-13/h1-5,8,13H,6-7,9-11H2. The van der Waals surface area contributed by atoms with Gasteiger partial charge in [0.05, 0.1) is 24.7 Å². The van der Waals surface area contributed by atoms with Crippen LogP contribution in [0.1, 0.15) is 18.4 Å². The van der Waals surface area contributed by atoms with Crippen molar-refractivity contribution in [2.45, 2.75) is 30.4 Å². The van der Waals surface area contributed by atoms with Crippen molar-refractivity contribution in [2.75, 3.05) is 17.5 Å². The number of nitrogens with zero attached hydrogens (tertiary/aromatic N) is 3. The van der Waals surface area contributed by atoms with E-state index in [0.717, 1.165) is 18.4 Å². The van der Waals surface area contributed by atoms with E-state index in [4.69, 9.17) is 9.47 Å². The SMILES string of the molecule is O=S1(=O)c2ccccc2CN1c1ccnc(OC2CCOCC2)n1. The summed E-state index contributed by atoms with van der Waals surface area (Å²) in [5.41, 5.74) is 0.767. The third kappa shape index (κ3) is 2.71. The number of sulfonamides is 1. The summed E-state index contributed by atoms with van der Waals surface area (Å²) < 4.78 is 37.8. The highest BCUT2D eigenvalue weighted by atomic mass is 32.2. The molecule has 0 atom stereocenters. The normalized spacial score (nSPS) is 19.9. The smallest absolute Gasteiger partial charge is 0.318 e. The van der Waals surface area contributed by atoms with Gasteiger partial charge in [-0.3, -0.25) is 0 Å². The molecule has 126 valence electrons. The van der Waals surface area contributed by atoms with Crippen molar-refractivity contribution in [3.8, 4) is 6.01 Å². The van der Waals surface area contributed by atoms with Crippen LogP contribution in [0.15, 0.2) is 41.4 Å². The molecule has 24 heavy (non-hydrogen) atoms. The van der Waals surface area contributed by atoms with Gasteiger partial charge in [-0.2, -0.15) is 4.98 Å². The highest BCUT2D eigenvalue weighted by molar-refractivity contribution is 7.93. The fourth-order valence-corrected chi connectivity index (χ4v) is 4.53. The van der Waals surface area contributed by atoms with Gasteiger partial charge in [0, 0.05) is 25.1 Å². The Bertz CT molecular complexity index is 850. The predicted octanol–water partition coefficient (Wildman–Crippen LogP) is 1.74. The molecule has 0 amide bonds. The van der Waals surface area contributed by atoms with Crippen LogP contribution in [0.25, 0.3) is 0 Å². The number of hydrogen-bond donors (Lipinski definition) is 0. The number of hydrogen-bond acceptors (Lipinski definition) is 6. The van der Waals surface area contributed by atoms with Gasteiger partial charge in [0.15, 0.2) is 0 Å². The molecule has 2 aliphatic rings. The summed E-state index contributed by atoms with van der Waals surface area (Å²) in [5, 5.41) is 0. The first kappa shape index (κ1) is 15.3. The van der Waals surface area contributed by atoms with Crippen LogP contribution in [0, 0.1) is 0 Å². The number of rotatable bonds is 3. The van der Waals surface area contributed by atoms with Crippen molar-refractivity contribution in [1.82, 2.24) is 9.97 Å². The van der Waals surface area contributed by atoms with Crippen LogP contribution in [0.3, 0.4) is 0 Å². The number of ether oxygens (including phenoxy) is 2. The Labute approximate surface area is 140 Å². The average Bonchev–Trinajstić information content (AvgIpc) is 2.88. The predicted molar refractivity (Wildman–Crippen MR) is 86.3 cm³/mol. The van der Waals surface area contributed by atoms with Gasteiger partial charge < -0.3 is 9.47 Å².